The highest BCUT2D eigenvalue weighted by Crippen LogP contribution is 2.34. The molecular formula is C21H23F3N3O3+. The average Bonchev–Trinajstić information content (AvgIpc) is 2.73. The van der Waals surface area contributed by atoms with Crippen molar-refractivity contribution in [3.8, 4) is 5.75 Å². The summed E-state index contributed by atoms with van der Waals surface area (Å²) in [5.41, 5.74) is -1.12. The molecule has 1 heterocycles. The molecule has 30 heavy (non-hydrogen) atoms. The minimum absolute atomic E-state index is 0.0364. The SMILES string of the molecule is O=C(C[NH+]1CCN(C(=O)COc2ccccc2)CC1)Nc1ccccc1C(F)(F)F. The van der Waals surface area contributed by atoms with Gasteiger partial charge in [-0.05, 0) is 24.3 Å². The van der Waals surface area contributed by atoms with Crippen molar-refractivity contribution >= 4 is 17.5 Å². The van der Waals surface area contributed by atoms with Crippen molar-refractivity contribution in [2.75, 3.05) is 44.6 Å². The molecule has 6 nitrogen and oxygen atoms in total. The molecule has 0 aliphatic carbocycles. The molecule has 160 valence electrons. The Balaban J connectivity index is 1.44. The average molecular weight is 422 g/mol. The third-order valence-electron chi connectivity index (χ3n) is 4.85. The second-order valence-corrected chi connectivity index (χ2v) is 7.00. The number of quaternary nitrogens is 1. The summed E-state index contributed by atoms with van der Waals surface area (Å²) in [7, 11) is 0. The van der Waals surface area contributed by atoms with E-state index in [-0.39, 0.29) is 24.7 Å². The standard InChI is InChI=1S/C21H22F3N3O3/c22-21(23,24)17-8-4-5-9-18(17)25-19(28)14-26-10-12-27(13-11-26)20(29)15-30-16-6-2-1-3-7-16/h1-9H,10-15H2,(H,25,28)/p+1. The lowest BCUT2D eigenvalue weighted by Crippen LogP contribution is -3.15. The van der Waals surface area contributed by atoms with Gasteiger partial charge in [-0.2, -0.15) is 13.2 Å². The second-order valence-electron chi connectivity index (χ2n) is 7.00. The summed E-state index contributed by atoms with van der Waals surface area (Å²) in [5.74, 6) is -0.0127. The Hall–Kier alpha value is -3.07. The zero-order valence-electron chi connectivity index (χ0n) is 16.2. The molecule has 9 heteroatoms. The van der Waals surface area contributed by atoms with E-state index in [1.165, 1.54) is 18.2 Å². The Kier molecular flexibility index (Phi) is 6.94. The molecule has 2 aromatic rings. The number of carbonyl (C=O) groups is 2. The topological polar surface area (TPSA) is 63.1 Å². The van der Waals surface area contributed by atoms with Crippen LogP contribution in [0.15, 0.2) is 54.6 Å². The summed E-state index contributed by atoms with van der Waals surface area (Å²) in [5, 5.41) is 2.36. The first-order valence-corrected chi connectivity index (χ1v) is 9.58. The quantitative estimate of drug-likeness (QED) is 0.741. The maximum absolute atomic E-state index is 13.0. The maximum atomic E-state index is 13.0. The van der Waals surface area contributed by atoms with Crippen molar-refractivity contribution in [3.63, 3.8) is 0 Å². The van der Waals surface area contributed by atoms with Crippen molar-refractivity contribution in [1.82, 2.24) is 4.90 Å². The highest BCUT2D eigenvalue weighted by molar-refractivity contribution is 5.92. The lowest BCUT2D eigenvalue weighted by atomic mass is 10.1. The van der Waals surface area contributed by atoms with Crippen LogP contribution in [0.1, 0.15) is 5.56 Å². The molecular weight excluding hydrogens is 399 g/mol. The number of alkyl halides is 3. The first-order chi connectivity index (χ1) is 14.3. The van der Waals surface area contributed by atoms with Crippen molar-refractivity contribution in [3.05, 3.63) is 60.2 Å². The van der Waals surface area contributed by atoms with Gasteiger partial charge in [0.05, 0.1) is 37.4 Å². The van der Waals surface area contributed by atoms with E-state index in [2.05, 4.69) is 5.32 Å². The summed E-state index contributed by atoms with van der Waals surface area (Å²) < 4.78 is 44.6. The van der Waals surface area contributed by atoms with Gasteiger partial charge in [0.1, 0.15) is 5.75 Å². The van der Waals surface area contributed by atoms with Gasteiger partial charge in [-0.15, -0.1) is 0 Å². The summed E-state index contributed by atoms with van der Waals surface area (Å²) in [4.78, 5) is 27.1. The fourth-order valence-corrected chi connectivity index (χ4v) is 3.26. The molecule has 1 saturated heterocycles. The number of amides is 2. The van der Waals surface area contributed by atoms with E-state index in [9.17, 15) is 22.8 Å². The summed E-state index contributed by atoms with van der Waals surface area (Å²) in [6.07, 6.45) is -4.54. The Labute approximate surface area is 172 Å². The third-order valence-corrected chi connectivity index (χ3v) is 4.85. The van der Waals surface area contributed by atoms with E-state index in [1.807, 2.05) is 18.2 Å². The smallest absolute Gasteiger partial charge is 0.418 e. The molecule has 0 spiro atoms. The predicted molar refractivity (Wildman–Crippen MR) is 104 cm³/mol. The van der Waals surface area contributed by atoms with Gasteiger partial charge in [0, 0.05) is 0 Å². The number of nitrogens with one attached hydrogen (secondary N) is 2. The van der Waals surface area contributed by atoms with Crippen LogP contribution in [0.3, 0.4) is 0 Å². The molecule has 0 bridgehead atoms. The van der Waals surface area contributed by atoms with Crippen LogP contribution in [0.4, 0.5) is 18.9 Å². The minimum atomic E-state index is -4.54. The van der Waals surface area contributed by atoms with E-state index in [0.717, 1.165) is 11.0 Å². The number of rotatable bonds is 6. The van der Waals surface area contributed by atoms with Gasteiger partial charge in [0.2, 0.25) is 0 Å². The Morgan fingerprint density at radius 2 is 1.63 bits per heavy atom. The maximum Gasteiger partial charge on any atom is 0.418 e. The van der Waals surface area contributed by atoms with Crippen molar-refractivity contribution < 1.29 is 32.4 Å². The van der Waals surface area contributed by atoms with Crippen LogP contribution in [0, 0.1) is 0 Å². The van der Waals surface area contributed by atoms with E-state index < -0.39 is 17.6 Å². The van der Waals surface area contributed by atoms with E-state index in [4.69, 9.17) is 4.74 Å². The summed E-state index contributed by atoms with van der Waals surface area (Å²) in [6.45, 7) is 1.96. The molecule has 2 aromatic carbocycles. The van der Waals surface area contributed by atoms with Crippen molar-refractivity contribution in [2.45, 2.75) is 6.18 Å². The first kappa shape index (κ1) is 21.6. The Morgan fingerprint density at radius 1 is 1.00 bits per heavy atom. The number of anilines is 1. The van der Waals surface area contributed by atoms with Gasteiger partial charge < -0.3 is 19.9 Å². The number of hydrogen-bond acceptors (Lipinski definition) is 3. The van der Waals surface area contributed by atoms with Gasteiger partial charge in [-0.25, -0.2) is 0 Å². The zero-order chi connectivity index (χ0) is 21.6. The third kappa shape index (κ3) is 5.96. The van der Waals surface area contributed by atoms with Gasteiger partial charge in [0.25, 0.3) is 11.8 Å². The number of benzene rings is 2. The first-order valence-electron chi connectivity index (χ1n) is 9.58. The van der Waals surface area contributed by atoms with Crippen LogP contribution in [0.5, 0.6) is 5.75 Å². The van der Waals surface area contributed by atoms with E-state index in [1.54, 1.807) is 17.0 Å². The van der Waals surface area contributed by atoms with Crippen LogP contribution in [0.2, 0.25) is 0 Å². The normalized spacial score (nSPS) is 15.0. The molecule has 3 rings (SSSR count). The van der Waals surface area contributed by atoms with Gasteiger partial charge in [-0.3, -0.25) is 9.59 Å². The number of piperazine rings is 1. The fourth-order valence-electron chi connectivity index (χ4n) is 3.26. The largest absolute Gasteiger partial charge is 0.484 e. The van der Waals surface area contributed by atoms with Gasteiger partial charge >= 0.3 is 6.18 Å². The minimum Gasteiger partial charge on any atom is -0.484 e. The van der Waals surface area contributed by atoms with Crippen LogP contribution in [0.25, 0.3) is 0 Å². The number of halogens is 3. The number of para-hydroxylation sites is 2. The number of hydrogen-bond donors (Lipinski definition) is 2. The van der Waals surface area contributed by atoms with Crippen LogP contribution >= 0.6 is 0 Å². The van der Waals surface area contributed by atoms with Crippen LogP contribution < -0.4 is 15.0 Å². The summed E-state index contributed by atoms with van der Waals surface area (Å²) >= 11 is 0. The lowest BCUT2D eigenvalue weighted by molar-refractivity contribution is -0.895. The predicted octanol–water partition coefficient (Wildman–Crippen LogP) is 1.45. The molecule has 2 N–H and O–H groups in total. The number of nitrogens with zero attached hydrogens (tertiary/aromatic N) is 1. The fraction of sp³-hybridized carbons (Fsp3) is 0.333. The highest BCUT2D eigenvalue weighted by atomic mass is 19.4. The van der Waals surface area contributed by atoms with Gasteiger partial charge in [0.15, 0.2) is 13.2 Å². The second kappa shape index (κ2) is 9.62. The highest BCUT2D eigenvalue weighted by Gasteiger charge is 2.34. The monoisotopic (exact) mass is 422 g/mol. The molecule has 0 saturated carbocycles. The van der Waals surface area contributed by atoms with E-state index in [0.29, 0.717) is 31.9 Å². The zero-order valence-corrected chi connectivity index (χ0v) is 16.2. The van der Waals surface area contributed by atoms with E-state index >= 15 is 0 Å². The molecule has 0 atom stereocenters. The van der Waals surface area contributed by atoms with Crippen molar-refractivity contribution in [1.29, 1.82) is 0 Å². The Bertz CT molecular complexity index is 867. The number of carbonyl (C=O) groups excluding carboxylic acids is 2. The molecule has 2 amide bonds. The van der Waals surface area contributed by atoms with Gasteiger partial charge in [-0.1, -0.05) is 30.3 Å². The molecule has 0 aromatic heterocycles. The Morgan fingerprint density at radius 3 is 2.30 bits per heavy atom. The van der Waals surface area contributed by atoms with Crippen LogP contribution in [-0.2, 0) is 15.8 Å². The summed E-state index contributed by atoms with van der Waals surface area (Å²) in [6, 6.07) is 13.9. The number of ether oxygens (including phenoxy) is 1. The molecule has 0 unspecified atom stereocenters. The molecule has 0 radical (unpaired) electrons. The van der Waals surface area contributed by atoms with Crippen molar-refractivity contribution in [2.24, 2.45) is 0 Å². The molecule has 1 fully saturated rings. The van der Waals surface area contributed by atoms with Crippen LogP contribution in [-0.4, -0.2) is 56.0 Å². The lowest BCUT2D eigenvalue weighted by Gasteiger charge is -2.31. The molecule has 1 aliphatic heterocycles. The molecule has 1 aliphatic rings.